The van der Waals surface area contributed by atoms with Crippen molar-refractivity contribution in [1.82, 2.24) is 9.80 Å². The van der Waals surface area contributed by atoms with Crippen molar-refractivity contribution >= 4 is 5.91 Å². The van der Waals surface area contributed by atoms with E-state index in [9.17, 15) is 4.79 Å². The molecule has 4 nitrogen and oxygen atoms in total. The minimum absolute atomic E-state index is 0.154. The number of likely N-dealkylation sites (tertiary alicyclic amines) is 2. The van der Waals surface area contributed by atoms with Gasteiger partial charge in [0.1, 0.15) is 6.61 Å². The average Bonchev–Trinajstić information content (AvgIpc) is 3.05. The van der Waals surface area contributed by atoms with Crippen molar-refractivity contribution in [2.75, 3.05) is 39.4 Å². The summed E-state index contributed by atoms with van der Waals surface area (Å²) in [5.41, 5.74) is 2.69. The number of amides is 1. The van der Waals surface area contributed by atoms with Gasteiger partial charge in [0.25, 0.3) is 0 Å². The van der Waals surface area contributed by atoms with Crippen molar-refractivity contribution in [3.05, 3.63) is 35.4 Å². The largest absolute Gasteiger partial charge is 0.372 e. The number of hydrogen-bond donors (Lipinski definition) is 0. The molecule has 2 heterocycles. The van der Waals surface area contributed by atoms with Gasteiger partial charge in [0.2, 0.25) is 5.91 Å². The molecule has 4 heteroatoms. The maximum atomic E-state index is 12.0. The number of rotatable bonds is 5. The third-order valence-corrected chi connectivity index (χ3v) is 4.87. The van der Waals surface area contributed by atoms with Gasteiger partial charge in [0, 0.05) is 39.3 Å². The fraction of sp³-hybridized carbons (Fsp3) is 0.611. The predicted molar refractivity (Wildman–Crippen MR) is 86.5 cm³/mol. The average molecular weight is 302 g/mol. The molecule has 0 unspecified atom stereocenters. The third kappa shape index (κ3) is 3.50. The maximum absolute atomic E-state index is 12.0. The highest BCUT2D eigenvalue weighted by Crippen LogP contribution is 2.31. The van der Waals surface area contributed by atoms with Crippen molar-refractivity contribution in [2.24, 2.45) is 11.8 Å². The van der Waals surface area contributed by atoms with E-state index in [2.05, 4.69) is 36.1 Å². The summed E-state index contributed by atoms with van der Waals surface area (Å²) in [7, 11) is 0. The van der Waals surface area contributed by atoms with Crippen LogP contribution in [0.25, 0.3) is 0 Å². The molecule has 0 saturated carbocycles. The molecule has 22 heavy (non-hydrogen) atoms. The normalized spacial score (nSPS) is 24.7. The quantitative estimate of drug-likeness (QED) is 0.833. The Morgan fingerprint density at radius 1 is 1.14 bits per heavy atom. The summed E-state index contributed by atoms with van der Waals surface area (Å²) in [6.07, 6.45) is 0. The Balaban J connectivity index is 1.49. The summed E-state index contributed by atoms with van der Waals surface area (Å²) in [5, 5.41) is 0. The van der Waals surface area contributed by atoms with Gasteiger partial charge in [-0.3, -0.25) is 9.69 Å². The summed E-state index contributed by atoms with van der Waals surface area (Å²) in [6, 6.07) is 8.81. The highest BCUT2D eigenvalue weighted by atomic mass is 16.5. The van der Waals surface area contributed by atoms with Crippen molar-refractivity contribution in [2.45, 2.75) is 20.4 Å². The van der Waals surface area contributed by atoms with Crippen molar-refractivity contribution in [3.63, 3.8) is 0 Å². The highest BCUT2D eigenvalue weighted by Gasteiger charge is 2.41. The molecule has 0 spiro atoms. The van der Waals surface area contributed by atoms with Gasteiger partial charge in [-0.2, -0.15) is 0 Å². The number of aryl methyl sites for hydroxylation is 1. The molecule has 1 amide bonds. The molecule has 0 bridgehead atoms. The first-order valence-electron chi connectivity index (χ1n) is 8.29. The fourth-order valence-electron chi connectivity index (χ4n) is 3.66. The molecule has 1 aromatic carbocycles. The van der Waals surface area contributed by atoms with Gasteiger partial charge in [0.15, 0.2) is 0 Å². The van der Waals surface area contributed by atoms with E-state index >= 15 is 0 Å². The van der Waals surface area contributed by atoms with E-state index in [0.717, 1.165) is 32.7 Å². The summed E-state index contributed by atoms with van der Waals surface area (Å²) >= 11 is 0. The third-order valence-electron chi connectivity index (χ3n) is 4.87. The lowest BCUT2D eigenvalue weighted by molar-refractivity contribution is -0.135. The van der Waals surface area contributed by atoms with E-state index in [0.29, 0.717) is 18.4 Å². The zero-order valence-corrected chi connectivity index (χ0v) is 13.6. The number of nitrogens with zero attached hydrogens (tertiary/aromatic N) is 2. The molecule has 2 atom stereocenters. The monoisotopic (exact) mass is 302 g/mol. The van der Waals surface area contributed by atoms with Gasteiger partial charge in [-0.1, -0.05) is 29.8 Å². The van der Waals surface area contributed by atoms with E-state index in [1.54, 1.807) is 0 Å². The molecular weight excluding hydrogens is 276 g/mol. The molecule has 2 saturated heterocycles. The Morgan fingerprint density at radius 3 is 2.36 bits per heavy atom. The Labute approximate surface area is 133 Å². The number of ether oxygens (including phenoxy) is 1. The minimum atomic E-state index is 0.154. The van der Waals surface area contributed by atoms with Crippen LogP contribution in [0.5, 0.6) is 0 Å². The van der Waals surface area contributed by atoms with Crippen LogP contribution in [0.3, 0.4) is 0 Å². The number of carbonyl (C=O) groups excluding carboxylic acids is 1. The van der Waals surface area contributed by atoms with E-state index in [4.69, 9.17) is 4.74 Å². The van der Waals surface area contributed by atoms with Gasteiger partial charge in [-0.05, 0) is 31.2 Å². The zero-order valence-electron chi connectivity index (χ0n) is 13.6. The smallest absolute Gasteiger partial charge is 0.248 e. The number of fused-ring (bicyclic) bond motifs is 1. The topological polar surface area (TPSA) is 32.8 Å². The predicted octanol–water partition coefficient (Wildman–Crippen LogP) is 1.92. The molecule has 0 aliphatic carbocycles. The lowest BCUT2D eigenvalue weighted by Gasteiger charge is -2.21. The lowest BCUT2D eigenvalue weighted by atomic mass is 10.0. The molecule has 2 aliphatic heterocycles. The maximum Gasteiger partial charge on any atom is 0.248 e. The van der Waals surface area contributed by atoms with E-state index in [1.807, 2.05) is 11.8 Å². The van der Waals surface area contributed by atoms with Gasteiger partial charge >= 0.3 is 0 Å². The summed E-state index contributed by atoms with van der Waals surface area (Å²) in [4.78, 5) is 16.6. The van der Waals surface area contributed by atoms with Crippen LogP contribution >= 0.6 is 0 Å². The first kappa shape index (κ1) is 15.5. The van der Waals surface area contributed by atoms with Crippen LogP contribution < -0.4 is 0 Å². The molecule has 2 fully saturated rings. The van der Waals surface area contributed by atoms with Crippen LogP contribution in [0.1, 0.15) is 18.1 Å². The van der Waals surface area contributed by atoms with Crippen LogP contribution in [0.15, 0.2) is 24.3 Å². The van der Waals surface area contributed by atoms with Crippen LogP contribution in [0, 0.1) is 18.8 Å². The Hall–Kier alpha value is -1.39. The number of benzene rings is 1. The molecule has 2 aliphatic rings. The standard InChI is InChI=1S/C18H26N2O2/c1-3-22-13-18(21)20-11-16-9-19(10-17(16)12-20)8-15-6-4-14(2)5-7-15/h4-7,16-17H,3,8-13H2,1-2H3/t16-,17+. The second-order valence-electron chi connectivity index (χ2n) is 6.64. The molecule has 0 radical (unpaired) electrons. The molecular formula is C18H26N2O2. The van der Waals surface area contributed by atoms with Gasteiger partial charge < -0.3 is 9.64 Å². The van der Waals surface area contributed by atoms with Gasteiger partial charge in [0.05, 0.1) is 0 Å². The van der Waals surface area contributed by atoms with Crippen molar-refractivity contribution in [3.8, 4) is 0 Å². The van der Waals surface area contributed by atoms with Crippen molar-refractivity contribution in [1.29, 1.82) is 0 Å². The summed E-state index contributed by atoms with van der Waals surface area (Å²) in [5.74, 6) is 1.42. The lowest BCUT2D eigenvalue weighted by Crippen LogP contribution is -2.35. The molecule has 1 aromatic rings. The molecule has 0 N–H and O–H groups in total. The van der Waals surface area contributed by atoms with Crippen LogP contribution in [-0.4, -0.2) is 55.1 Å². The summed E-state index contributed by atoms with van der Waals surface area (Å²) < 4.78 is 5.24. The van der Waals surface area contributed by atoms with E-state index < -0.39 is 0 Å². The number of carbonyl (C=O) groups is 1. The Bertz CT molecular complexity index is 500. The number of hydrogen-bond acceptors (Lipinski definition) is 3. The Morgan fingerprint density at radius 2 is 1.77 bits per heavy atom. The van der Waals surface area contributed by atoms with Gasteiger partial charge in [-0.15, -0.1) is 0 Å². The zero-order chi connectivity index (χ0) is 15.5. The second kappa shape index (κ2) is 6.80. The first-order chi connectivity index (χ1) is 10.7. The van der Waals surface area contributed by atoms with E-state index in [-0.39, 0.29) is 12.5 Å². The fourth-order valence-corrected chi connectivity index (χ4v) is 3.66. The van der Waals surface area contributed by atoms with Crippen molar-refractivity contribution < 1.29 is 9.53 Å². The highest BCUT2D eigenvalue weighted by molar-refractivity contribution is 5.77. The molecule has 3 rings (SSSR count). The van der Waals surface area contributed by atoms with Crippen LogP contribution in [0.4, 0.5) is 0 Å². The molecule has 0 aromatic heterocycles. The Kier molecular flexibility index (Phi) is 4.79. The summed E-state index contributed by atoms with van der Waals surface area (Å²) in [6.45, 7) is 9.95. The van der Waals surface area contributed by atoms with Gasteiger partial charge in [-0.25, -0.2) is 0 Å². The molecule has 120 valence electrons. The first-order valence-corrected chi connectivity index (χ1v) is 8.29. The van der Waals surface area contributed by atoms with Crippen LogP contribution in [0.2, 0.25) is 0 Å². The van der Waals surface area contributed by atoms with Crippen LogP contribution in [-0.2, 0) is 16.1 Å². The SMILES string of the molecule is CCOCC(=O)N1C[C@H]2CN(Cc3ccc(C)cc3)C[C@H]2C1. The van der Waals surface area contributed by atoms with E-state index in [1.165, 1.54) is 11.1 Å². The minimum Gasteiger partial charge on any atom is -0.372 e. The second-order valence-corrected chi connectivity index (χ2v) is 6.64.